The first-order valence-electron chi connectivity index (χ1n) is 6.83. The summed E-state index contributed by atoms with van der Waals surface area (Å²) >= 11 is 0. The second-order valence-electron chi connectivity index (χ2n) is 5.26. The molecule has 1 aromatic carbocycles. The maximum Gasteiger partial charge on any atom is 0.0502 e. The quantitative estimate of drug-likeness (QED) is 0.812. The van der Waals surface area contributed by atoms with E-state index in [1.165, 1.54) is 31.5 Å². The van der Waals surface area contributed by atoms with E-state index < -0.39 is 0 Å². The topological polar surface area (TPSA) is 38.5 Å². The van der Waals surface area contributed by atoms with E-state index in [-0.39, 0.29) is 0 Å². The van der Waals surface area contributed by atoms with Crippen molar-refractivity contribution >= 4 is 5.69 Å². The number of ether oxygens (including phenoxy) is 1. The molecule has 1 atom stereocenters. The molecular weight excluding hydrogens is 224 g/mol. The average Bonchev–Trinajstić information content (AvgIpc) is 2.37. The summed E-state index contributed by atoms with van der Waals surface area (Å²) in [6, 6.07) is 8.22. The first-order valence-corrected chi connectivity index (χ1v) is 6.83. The van der Waals surface area contributed by atoms with Gasteiger partial charge in [0.15, 0.2) is 0 Å². The molecule has 3 nitrogen and oxygen atoms in total. The standard InChI is InChI=1S/C15H24N2O/c1-18-12-14-5-3-8-17(11-14)9-7-13-4-2-6-15(16)10-13/h2,4,6,10,14H,3,5,7-9,11-12,16H2,1H3. The number of anilines is 1. The van der Waals surface area contributed by atoms with Crippen LogP contribution >= 0.6 is 0 Å². The number of piperidine rings is 1. The molecule has 18 heavy (non-hydrogen) atoms. The maximum absolute atomic E-state index is 5.80. The highest BCUT2D eigenvalue weighted by Crippen LogP contribution is 2.17. The second-order valence-corrected chi connectivity index (χ2v) is 5.26. The van der Waals surface area contributed by atoms with Crippen LogP contribution in [-0.2, 0) is 11.2 Å². The first-order chi connectivity index (χ1) is 8.78. The lowest BCUT2D eigenvalue weighted by Gasteiger charge is -2.32. The third kappa shape index (κ3) is 4.00. The van der Waals surface area contributed by atoms with Crippen molar-refractivity contribution in [1.82, 2.24) is 4.90 Å². The van der Waals surface area contributed by atoms with Gasteiger partial charge in [-0.15, -0.1) is 0 Å². The minimum absolute atomic E-state index is 0.713. The molecule has 0 spiro atoms. The zero-order chi connectivity index (χ0) is 12.8. The van der Waals surface area contributed by atoms with Gasteiger partial charge in [-0.25, -0.2) is 0 Å². The maximum atomic E-state index is 5.80. The molecule has 0 amide bonds. The zero-order valence-electron chi connectivity index (χ0n) is 11.3. The van der Waals surface area contributed by atoms with Gasteiger partial charge in [0, 0.05) is 25.9 Å². The number of benzene rings is 1. The van der Waals surface area contributed by atoms with Crippen molar-refractivity contribution in [3.05, 3.63) is 29.8 Å². The van der Waals surface area contributed by atoms with Crippen LogP contribution in [0.5, 0.6) is 0 Å². The fourth-order valence-corrected chi connectivity index (χ4v) is 2.76. The Balaban J connectivity index is 1.79. The monoisotopic (exact) mass is 248 g/mol. The van der Waals surface area contributed by atoms with Gasteiger partial charge in [-0.1, -0.05) is 12.1 Å². The summed E-state index contributed by atoms with van der Waals surface area (Å²) in [7, 11) is 1.80. The Bertz CT molecular complexity index is 365. The molecule has 1 heterocycles. The molecule has 0 radical (unpaired) electrons. The first kappa shape index (κ1) is 13.4. The van der Waals surface area contributed by atoms with E-state index in [4.69, 9.17) is 10.5 Å². The van der Waals surface area contributed by atoms with Crippen molar-refractivity contribution in [2.45, 2.75) is 19.3 Å². The molecule has 1 fully saturated rings. The lowest BCUT2D eigenvalue weighted by Crippen LogP contribution is -2.38. The lowest BCUT2D eigenvalue weighted by atomic mass is 9.98. The van der Waals surface area contributed by atoms with Crippen molar-refractivity contribution in [2.75, 3.05) is 39.1 Å². The van der Waals surface area contributed by atoms with Crippen molar-refractivity contribution in [1.29, 1.82) is 0 Å². The van der Waals surface area contributed by atoms with Crippen LogP contribution in [0.3, 0.4) is 0 Å². The highest BCUT2D eigenvalue weighted by Gasteiger charge is 2.19. The number of hydrogen-bond donors (Lipinski definition) is 1. The van der Waals surface area contributed by atoms with Crippen LogP contribution in [0.4, 0.5) is 5.69 Å². The molecule has 0 aromatic heterocycles. The Labute approximate surface area is 110 Å². The number of nitrogens with zero attached hydrogens (tertiary/aromatic N) is 1. The summed E-state index contributed by atoms with van der Waals surface area (Å²) in [6.07, 6.45) is 3.69. The number of nitrogens with two attached hydrogens (primary N) is 1. The Morgan fingerprint density at radius 1 is 1.44 bits per heavy atom. The molecule has 0 saturated carbocycles. The van der Waals surface area contributed by atoms with Gasteiger partial charge in [-0.2, -0.15) is 0 Å². The third-order valence-electron chi connectivity index (χ3n) is 3.67. The summed E-state index contributed by atoms with van der Waals surface area (Å²) in [4.78, 5) is 2.55. The minimum Gasteiger partial charge on any atom is -0.399 e. The van der Waals surface area contributed by atoms with Crippen LogP contribution < -0.4 is 5.73 Å². The molecule has 2 rings (SSSR count). The number of methoxy groups -OCH3 is 1. The molecule has 0 aliphatic carbocycles. The molecule has 1 aliphatic rings. The predicted octanol–water partition coefficient (Wildman–Crippen LogP) is 2.17. The fourth-order valence-electron chi connectivity index (χ4n) is 2.76. The van der Waals surface area contributed by atoms with Gasteiger partial charge in [-0.3, -0.25) is 0 Å². The summed E-state index contributed by atoms with van der Waals surface area (Å²) < 4.78 is 5.26. The molecular formula is C15H24N2O. The van der Waals surface area contributed by atoms with Crippen molar-refractivity contribution < 1.29 is 4.74 Å². The van der Waals surface area contributed by atoms with Crippen molar-refractivity contribution in [3.8, 4) is 0 Å². The average molecular weight is 248 g/mol. The van der Waals surface area contributed by atoms with E-state index >= 15 is 0 Å². The lowest BCUT2D eigenvalue weighted by molar-refractivity contribution is 0.0912. The highest BCUT2D eigenvalue weighted by atomic mass is 16.5. The molecule has 0 bridgehead atoms. The molecule has 1 unspecified atom stereocenters. The van der Waals surface area contributed by atoms with E-state index in [2.05, 4.69) is 17.0 Å². The SMILES string of the molecule is COCC1CCCN(CCc2cccc(N)c2)C1. The van der Waals surface area contributed by atoms with Gasteiger partial charge in [0.1, 0.15) is 0 Å². The largest absolute Gasteiger partial charge is 0.399 e. The minimum atomic E-state index is 0.713. The zero-order valence-corrected chi connectivity index (χ0v) is 11.3. The number of nitrogen functional groups attached to an aromatic ring is 1. The smallest absolute Gasteiger partial charge is 0.0502 e. The Kier molecular flexibility index (Phi) is 5.02. The van der Waals surface area contributed by atoms with Crippen LogP contribution in [-0.4, -0.2) is 38.3 Å². The normalized spacial score (nSPS) is 21.1. The van der Waals surface area contributed by atoms with E-state index in [0.29, 0.717) is 5.92 Å². The van der Waals surface area contributed by atoms with E-state index in [1.807, 2.05) is 12.1 Å². The number of likely N-dealkylation sites (tertiary alicyclic amines) is 1. The molecule has 100 valence electrons. The summed E-state index contributed by atoms with van der Waals surface area (Å²) in [5, 5.41) is 0. The number of rotatable bonds is 5. The molecule has 1 saturated heterocycles. The van der Waals surface area contributed by atoms with Gasteiger partial charge < -0.3 is 15.4 Å². The fraction of sp³-hybridized carbons (Fsp3) is 0.600. The van der Waals surface area contributed by atoms with Crippen LogP contribution in [0.2, 0.25) is 0 Å². The van der Waals surface area contributed by atoms with E-state index in [1.54, 1.807) is 7.11 Å². The van der Waals surface area contributed by atoms with Gasteiger partial charge in [0.05, 0.1) is 6.61 Å². The van der Waals surface area contributed by atoms with Gasteiger partial charge >= 0.3 is 0 Å². The third-order valence-corrected chi connectivity index (χ3v) is 3.67. The molecule has 1 aromatic rings. The van der Waals surface area contributed by atoms with Crippen LogP contribution in [0.1, 0.15) is 18.4 Å². The Hall–Kier alpha value is -1.06. The van der Waals surface area contributed by atoms with Crippen molar-refractivity contribution in [2.24, 2.45) is 5.92 Å². The van der Waals surface area contributed by atoms with Gasteiger partial charge in [-0.05, 0) is 49.4 Å². The van der Waals surface area contributed by atoms with Crippen LogP contribution in [0.15, 0.2) is 24.3 Å². The second kappa shape index (κ2) is 6.76. The summed E-state index contributed by atoms with van der Waals surface area (Å²) in [5.74, 6) is 0.713. The van der Waals surface area contributed by atoms with Gasteiger partial charge in [0.2, 0.25) is 0 Å². The Morgan fingerprint density at radius 2 is 2.33 bits per heavy atom. The molecule has 1 aliphatic heterocycles. The Morgan fingerprint density at radius 3 is 3.11 bits per heavy atom. The highest BCUT2D eigenvalue weighted by molar-refractivity contribution is 5.40. The van der Waals surface area contributed by atoms with Gasteiger partial charge in [0.25, 0.3) is 0 Å². The van der Waals surface area contributed by atoms with E-state index in [9.17, 15) is 0 Å². The predicted molar refractivity (Wildman–Crippen MR) is 75.6 cm³/mol. The molecule has 3 heteroatoms. The van der Waals surface area contributed by atoms with Crippen LogP contribution in [0, 0.1) is 5.92 Å². The van der Waals surface area contributed by atoms with Crippen molar-refractivity contribution in [3.63, 3.8) is 0 Å². The van der Waals surface area contributed by atoms with Crippen LogP contribution in [0.25, 0.3) is 0 Å². The summed E-state index contributed by atoms with van der Waals surface area (Å²) in [6.45, 7) is 4.43. The van der Waals surface area contributed by atoms with E-state index in [0.717, 1.165) is 25.3 Å². The summed E-state index contributed by atoms with van der Waals surface area (Å²) in [5.41, 5.74) is 8.00. The molecule has 2 N–H and O–H groups in total. The number of hydrogen-bond acceptors (Lipinski definition) is 3.